The van der Waals surface area contributed by atoms with Gasteiger partial charge in [0, 0.05) is 26.2 Å². The van der Waals surface area contributed by atoms with Crippen LogP contribution in [0.1, 0.15) is 0 Å². The molecule has 80 valence electrons. The van der Waals surface area contributed by atoms with Gasteiger partial charge in [-0.25, -0.2) is 4.39 Å². The summed E-state index contributed by atoms with van der Waals surface area (Å²) in [6.07, 6.45) is 0. The summed E-state index contributed by atoms with van der Waals surface area (Å²) >= 11 is 0. The normalized spacial score (nSPS) is 10.9. The first-order valence-corrected chi connectivity index (χ1v) is 4.68. The van der Waals surface area contributed by atoms with Gasteiger partial charge in [0.2, 0.25) is 0 Å². The maximum atomic E-state index is 12.9. The van der Waals surface area contributed by atoms with E-state index in [0.29, 0.717) is 30.2 Å². The zero-order chi connectivity index (χ0) is 10.8. The summed E-state index contributed by atoms with van der Waals surface area (Å²) in [7, 11) is 1.83. The third-order valence-electron chi connectivity index (χ3n) is 2.13. The van der Waals surface area contributed by atoms with Gasteiger partial charge in [0.05, 0.1) is 0 Å². The number of fused-ring (bicyclic) bond motifs is 1. The minimum atomic E-state index is -0.316. The van der Waals surface area contributed by atoms with Crippen LogP contribution in [0.5, 0.6) is 0 Å². The zero-order valence-electron chi connectivity index (χ0n) is 8.40. The first kappa shape index (κ1) is 9.92. The first-order valence-electron chi connectivity index (χ1n) is 4.68. The van der Waals surface area contributed by atoms with Gasteiger partial charge in [-0.2, -0.15) is 4.98 Å². The Balaban J connectivity index is 2.38. The molecule has 1 heterocycles. The number of nitrogens with two attached hydrogens (primary N) is 1. The molecule has 0 bridgehead atoms. The first-order chi connectivity index (χ1) is 7.20. The van der Waals surface area contributed by atoms with E-state index in [1.165, 1.54) is 12.1 Å². The molecule has 4 nitrogen and oxygen atoms in total. The molecule has 0 aliphatic rings. The highest BCUT2D eigenvalue weighted by molar-refractivity contribution is 5.74. The Morgan fingerprint density at radius 3 is 3.07 bits per heavy atom. The lowest BCUT2D eigenvalue weighted by Crippen LogP contribution is -2.25. The SMILES string of the molecule is CN(CCN)c1nc2cc(F)ccc2o1. The van der Waals surface area contributed by atoms with Crippen molar-refractivity contribution < 1.29 is 8.81 Å². The van der Waals surface area contributed by atoms with Crippen LogP contribution in [0.15, 0.2) is 22.6 Å². The van der Waals surface area contributed by atoms with E-state index < -0.39 is 0 Å². The Kier molecular flexibility index (Phi) is 2.55. The molecule has 0 aliphatic carbocycles. The van der Waals surface area contributed by atoms with E-state index in [1.54, 1.807) is 11.0 Å². The summed E-state index contributed by atoms with van der Waals surface area (Å²) in [5, 5.41) is 0. The predicted octanol–water partition coefficient (Wildman–Crippen LogP) is 1.36. The van der Waals surface area contributed by atoms with E-state index >= 15 is 0 Å². The number of anilines is 1. The van der Waals surface area contributed by atoms with Crippen LogP contribution in [0.3, 0.4) is 0 Å². The Bertz CT molecular complexity index is 469. The third-order valence-corrected chi connectivity index (χ3v) is 2.13. The highest BCUT2D eigenvalue weighted by Gasteiger charge is 2.09. The molecule has 2 rings (SSSR count). The second-order valence-corrected chi connectivity index (χ2v) is 3.32. The van der Waals surface area contributed by atoms with Gasteiger partial charge in [0.15, 0.2) is 5.58 Å². The van der Waals surface area contributed by atoms with Gasteiger partial charge in [0.1, 0.15) is 11.3 Å². The van der Waals surface area contributed by atoms with Crippen molar-refractivity contribution >= 4 is 17.1 Å². The molecule has 5 heteroatoms. The van der Waals surface area contributed by atoms with Gasteiger partial charge in [0.25, 0.3) is 6.01 Å². The number of likely N-dealkylation sites (N-methyl/N-ethyl adjacent to an activating group) is 1. The molecule has 0 radical (unpaired) electrons. The van der Waals surface area contributed by atoms with Gasteiger partial charge >= 0.3 is 0 Å². The van der Waals surface area contributed by atoms with Crippen molar-refractivity contribution in [2.45, 2.75) is 0 Å². The molecule has 2 aromatic rings. The molecular weight excluding hydrogens is 197 g/mol. The molecule has 2 N–H and O–H groups in total. The fourth-order valence-electron chi connectivity index (χ4n) is 1.34. The zero-order valence-corrected chi connectivity index (χ0v) is 8.40. The summed E-state index contributed by atoms with van der Waals surface area (Å²) in [6, 6.07) is 4.72. The highest BCUT2D eigenvalue weighted by Crippen LogP contribution is 2.21. The smallest absolute Gasteiger partial charge is 0.298 e. The number of oxazole rings is 1. The van der Waals surface area contributed by atoms with E-state index in [9.17, 15) is 4.39 Å². The third kappa shape index (κ3) is 1.92. The number of aromatic nitrogens is 1. The van der Waals surface area contributed by atoms with Crippen molar-refractivity contribution in [3.8, 4) is 0 Å². The van der Waals surface area contributed by atoms with Gasteiger partial charge in [-0.15, -0.1) is 0 Å². The Morgan fingerprint density at radius 1 is 1.53 bits per heavy atom. The van der Waals surface area contributed by atoms with E-state index in [-0.39, 0.29) is 5.82 Å². The van der Waals surface area contributed by atoms with E-state index in [4.69, 9.17) is 10.2 Å². The number of nitrogens with zero attached hydrogens (tertiary/aromatic N) is 2. The molecule has 0 saturated heterocycles. The molecule has 0 aliphatic heterocycles. The van der Waals surface area contributed by atoms with Crippen LogP contribution in [-0.4, -0.2) is 25.1 Å². The number of hydrogen-bond acceptors (Lipinski definition) is 4. The van der Waals surface area contributed by atoms with E-state index in [2.05, 4.69) is 4.98 Å². The highest BCUT2D eigenvalue weighted by atomic mass is 19.1. The minimum Gasteiger partial charge on any atom is -0.423 e. The molecule has 0 fully saturated rings. The predicted molar refractivity (Wildman–Crippen MR) is 56.3 cm³/mol. The van der Waals surface area contributed by atoms with E-state index in [0.717, 1.165) is 0 Å². The van der Waals surface area contributed by atoms with Crippen LogP contribution in [0.25, 0.3) is 11.1 Å². The van der Waals surface area contributed by atoms with Gasteiger partial charge in [-0.1, -0.05) is 0 Å². The van der Waals surface area contributed by atoms with Crippen molar-refractivity contribution in [2.24, 2.45) is 5.73 Å². The fraction of sp³-hybridized carbons (Fsp3) is 0.300. The average molecular weight is 209 g/mol. The van der Waals surface area contributed by atoms with Gasteiger partial charge in [-0.05, 0) is 12.1 Å². The second-order valence-electron chi connectivity index (χ2n) is 3.32. The fourth-order valence-corrected chi connectivity index (χ4v) is 1.34. The van der Waals surface area contributed by atoms with Gasteiger partial charge in [-0.3, -0.25) is 0 Å². The van der Waals surface area contributed by atoms with Crippen LogP contribution in [0.2, 0.25) is 0 Å². The van der Waals surface area contributed by atoms with Crippen LogP contribution in [0.4, 0.5) is 10.4 Å². The molecular formula is C10H12FN3O. The average Bonchev–Trinajstić information content (AvgIpc) is 2.60. The Hall–Kier alpha value is -1.62. The summed E-state index contributed by atoms with van der Waals surface area (Å²) in [5.41, 5.74) is 6.52. The topological polar surface area (TPSA) is 55.3 Å². The van der Waals surface area contributed by atoms with Crippen LogP contribution >= 0.6 is 0 Å². The molecule has 0 atom stereocenters. The molecule has 1 aromatic heterocycles. The van der Waals surface area contributed by atoms with Crippen molar-refractivity contribution in [3.63, 3.8) is 0 Å². The molecule has 0 unspecified atom stereocenters. The largest absolute Gasteiger partial charge is 0.423 e. The second kappa shape index (κ2) is 3.86. The number of rotatable bonds is 3. The Labute approximate surface area is 86.5 Å². The van der Waals surface area contributed by atoms with Crippen LogP contribution < -0.4 is 10.6 Å². The molecule has 0 amide bonds. The summed E-state index contributed by atoms with van der Waals surface area (Å²) < 4.78 is 18.3. The standard InChI is InChI=1S/C10H12FN3O/c1-14(5-4-12)10-13-8-6-7(11)2-3-9(8)15-10/h2-3,6H,4-5,12H2,1H3. The maximum absolute atomic E-state index is 12.9. The minimum absolute atomic E-state index is 0.316. The Morgan fingerprint density at radius 2 is 2.33 bits per heavy atom. The van der Waals surface area contributed by atoms with Crippen LogP contribution in [0, 0.1) is 5.82 Å². The van der Waals surface area contributed by atoms with Crippen LogP contribution in [-0.2, 0) is 0 Å². The number of benzene rings is 1. The van der Waals surface area contributed by atoms with Crippen molar-refractivity contribution in [2.75, 3.05) is 25.0 Å². The lowest BCUT2D eigenvalue weighted by Gasteiger charge is -2.11. The van der Waals surface area contributed by atoms with Gasteiger partial charge < -0.3 is 15.1 Å². The molecule has 0 saturated carbocycles. The molecule has 1 aromatic carbocycles. The van der Waals surface area contributed by atoms with E-state index in [1.807, 2.05) is 7.05 Å². The molecule has 15 heavy (non-hydrogen) atoms. The lowest BCUT2D eigenvalue weighted by atomic mass is 10.3. The maximum Gasteiger partial charge on any atom is 0.298 e. The number of hydrogen-bond donors (Lipinski definition) is 1. The summed E-state index contributed by atoms with van der Waals surface area (Å²) in [4.78, 5) is 5.95. The summed E-state index contributed by atoms with van der Waals surface area (Å²) in [6.45, 7) is 1.17. The number of halogens is 1. The summed E-state index contributed by atoms with van der Waals surface area (Å²) in [5.74, 6) is -0.316. The lowest BCUT2D eigenvalue weighted by molar-refractivity contribution is 0.583. The van der Waals surface area contributed by atoms with Crippen molar-refractivity contribution in [1.82, 2.24) is 4.98 Å². The van der Waals surface area contributed by atoms with Crippen molar-refractivity contribution in [3.05, 3.63) is 24.0 Å². The van der Waals surface area contributed by atoms with Crippen molar-refractivity contribution in [1.29, 1.82) is 0 Å². The quantitative estimate of drug-likeness (QED) is 0.829. The monoisotopic (exact) mass is 209 g/mol. The molecule has 0 spiro atoms.